The van der Waals surface area contributed by atoms with E-state index in [0.29, 0.717) is 12.6 Å². The van der Waals surface area contributed by atoms with Crippen LogP contribution in [0.1, 0.15) is 17.5 Å². The molecule has 174 valence electrons. The molecule has 1 aliphatic rings. The number of likely N-dealkylation sites (tertiary alicyclic amines) is 1. The summed E-state index contributed by atoms with van der Waals surface area (Å²) in [6.07, 6.45) is 4.80. The summed E-state index contributed by atoms with van der Waals surface area (Å²) in [5.74, 6) is 2.45. The van der Waals surface area contributed by atoms with Crippen molar-refractivity contribution in [2.75, 3.05) is 34.4 Å². The van der Waals surface area contributed by atoms with E-state index in [1.807, 2.05) is 36.1 Å². The number of aromatic nitrogens is 2. The third-order valence-corrected chi connectivity index (χ3v) is 5.79. The molecule has 3 aromatic rings. The number of hydrogen-bond acceptors (Lipinski definition) is 5. The van der Waals surface area contributed by atoms with Gasteiger partial charge in [0.2, 0.25) is 0 Å². The highest BCUT2D eigenvalue weighted by Crippen LogP contribution is 2.24. The number of ether oxygens (including phenoxy) is 2. The van der Waals surface area contributed by atoms with Crippen LogP contribution in [0, 0.1) is 0 Å². The number of methoxy groups -OCH3 is 2. The normalized spacial score (nSPS) is 16.6. The maximum atomic E-state index is 5.40. The van der Waals surface area contributed by atoms with Crippen LogP contribution >= 0.6 is 0 Å². The van der Waals surface area contributed by atoms with Gasteiger partial charge in [0, 0.05) is 57.7 Å². The molecule has 1 aromatic heterocycles. The largest absolute Gasteiger partial charge is 0.497 e. The molecule has 0 aliphatic carbocycles. The first-order valence-electron chi connectivity index (χ1n) is 11.2. The highest BCUT2D eigenvalue weighted by Gasteiger charge is 2.23. The fourth-order valence-electron chi connectivity index (χ4n) is 4.11. The van der Waals surface area contributed by atoms with E-state index in [-0.39, 0.29) is 0 Å². The van der Waals surface area contributed by atoms with Gasteiger partial charge in [-0.3, -0.25) is 9.89 Å². The van der Waals surface area contributed by atoms with Crippen LogP contribution < -0.4 is 20.1 Å². The quantitative estimate of drug-likeness (QED) is 0.408. The molecule has 1 aliphatic heterocycles. The van der Waals surface area contributed by atoms with E-state index in [9.17, 15) is 0 Å². The molecule has 0 radical (unpaired) electrons. The van der Waals surface area contributed by atoms with Crippen LogP contribution in [0.5, 0.6) is 11.5 Å². The first-order chi connectivity index (χ1) is 16.2. The lowest BCUT2D eigenvalue weighted by molar-refractivity contribution is 0.321. The zero-order valence-electron chi connectivity index (χ0n) is 19.5. The number of guanidine groups is 1. The van der Waals surface area contributed by atoms with Crippen LogP contribution in [0.2, 0.25) is 0 Å². The van der Waals surface area contributed by atoms with Crippen LogP contribution in [0.3, 0.4) is 0 Å². The fourth-order valence-corrected chi connectivity index (χ4v) is 4.11. The summed E-state index contributed by atoms with van der Waals surface area (Å²) < 4.78 is 12.7. The molecule has 0 bridgehead atoms. The Balaban J connectivity index is 1.29. The minimum atomic E-state index is 0.346. The molecular formula is C25H32N6O2. The van der Waals surface area contributed by atoms with E-state index in [0.717, 1.165) is 49.2 Å². The van der Waals surface area contributed by atoms with E-state index in [1.165, 1.54) is 11.1 Å². The van der Waals surface area contributed by atoms with E-state index in [1.54, 1.807) is 20.4 Å². The second-order valence-electron chi connectivity index (χ2n) is 8.13. The summed E-state index contributed by atoms with van der Waals surface area (Å²) in [4.78, 5) is 6.86. The molecule has 2 N–H and O–H groups in total. The first kappa shape index (κ1) is 22.7. The highest BCUT2D eigenvalue weighted by molar-refractivity contribution is 5.80. The van der Waals surface area contributed by atoms with Gasteiger partial charge in [0.15, 0.2) is 5.96 Å². The monoisotopic (exact) mass is 448 g/mol. The van der Waals surface area contributed by atoms with E-state index < -0.39 is 0 Å². The number of nitrogens with zero attached hydrogens (tertiary/aromatic N) is 4. The van der Waals surface area contributed by atoms with Gasteiger partial charge in [0.05, 0.1) is 19.9 Å². The van der Waals surface area contributed by atoms with Gasteiger partial charge in [-0.05, 0) is 47.9 Å². The Morgan fingerprint density at radius 1 is 1.09 bits per heavy atom. The Morgan fingerprint density at radius 3 is 2.61 bits per heavy atom. The number of hydrogen-bond donors (Lipinski definition) is 2. The highest BCUT2D eigenvalue weighted by atomic mass is 16.5. The molecule has 1 unspecified atom stereocenters. The lowest BCUT2D eigenvalue weighted by atomic mass is 10.2. The molecule has 2 aromatic carbocycles. The maximum absolute atomic E-state index is 5.40. The van der Waals surface area contributed by atoms with Crippen molar-refractivity contribution in [3.8, 4) is 17.2 Å². The van der Waals surface area contributed by atoms with Crippen molar-refractivity contribution in [2.24, 2.45) is 4.99 Å². The molecular weight excluding hydrogens is 416 g/mol. The van der Waals surface area contributed by atoms with Crippen molar-refractivity contribution >= 4 is 5.96 Å². The molecule has 8 heteroatoms. The van der Waals surface area contributed by atoms with Crippen molar-refractivity contribution in [1.29, 1.82) is 0 Å². The van der Waals surface area contributed by atoms with Crippen molar-refractivity contribution in [1.82, 2.24) is 25.3 Å². The van der Waals surface area contributed by atoms with Crippen LogP contribution in [0.25, 0.3) is 5.69 Å². The molecule has 0 amide bonds. The number of nitrogens with one attached hydrogen (secondary N) is 2. The van der Waals surface area contributed by atoms with E-state index in [2.05, 4.69) is 56.0 Å². The van der Waals surface area contributed by atoms with Gasteiger partial charge < -0.3 is 20.1 Å². The summed E-state index contributed by atoms with van der Waals surface area (Å²) in [5.41, 5.74) is 3.40. The van der Waals surface area contributed by atoms with Crippen LogP contribution in [-0.4, -0.2) is 61.0 Å². The predicted molar refractivity (Wildman–Crippen MR) is 130 cm³/mol. The van der Waals surface area contributed by atoms with E-state index in [4.69, 9.17) is 9.47 Å². The Morgan fingerprint density at radius 2 is 1.91 bits per heavy atom. The molecule has 4 rings (SSSR count). The van der Waals surface area contributed by atoms with Crippen molar-refractivity contribution in [2.45, 2.75) is 25.6 Å². The number of rotatable bonds is 8. The summed E-state index contributed by atoms with van der Waals surface area (Å²) >= 11 is 0. The Kier molecular flexibility index (Phi) is 7.47. The lowest BCUT2D eigenvalue weighted by Gasteiger charge is -2.19. The maximum Gasteiger partial charge on any atom is 0.191 e. The average Bonchev–Trinajstić information content (AvgIpc) is 3.54. The number of aliphatic imine (C=N–C) groups is 1. The molecule has 33 heavy (non-hydrogen) atoms. The SMILES string of the molecule is CN=C(NCc1cccc(-n2cccn2)c1)NC1CCN(Cc2cc(OC)cc(OC)c2)C1. The van der Waals surface area contributed by atoms with Crippen LogP contribution in [0.4, 0.5) is 0 Å². The van der Waals surface area contributed by atoms with Gasteiger partial charge in [0.1, 0.15) is 11.5 Å². The first-order valence-corrected chi connectivity index (χ1v) is 11.2. The van der Waals surface area contributed by atoms with Gasteiger partial charge in [0.25, 0.3) is 0 Å². The summed E-state index contributed by atoms with van der Waals surface area (Å²) in [6.45, 7) is 3.53. The second kappa shape index (κ2) is 10.9. The van der Waals surface area contributed by atoms with Gasteiger partial charge in [-0.1, -0.05) is 12.1 Å². The van der Waals surface area contributed by atoms with Gasteiger partial charge in [-0.2, -0.15) is 5.10 Å². The number of benzene rings is 2. The average molecular weight is 449 g/mol. The molecule has 1 saturated heterocycles. The van der Waals surface area contributed by atoms with Crippen molar-refractivity contribution in [3.05, 3.63) is 72.1 Å². The molecule has 8 nitrogen and oxygen atoms in total. The Bertz CT molecular complexity index is 1040. The third-order valence-electron chi connectivity index (χ3n) is 5.79. The van der Waals surface area contributed by atoms with Gasteiger partial charge >= 0.3 is 0 Å². The molecule has 1 fully saturated rings. The van der Waals surface area contributed by atoms with Crippen LogP contribution in [-0.2, 0) is 13.1 Å². The smallest absolute Gasteiger partial charge is 0.191 e. The standard InChI is InChI=1S/C25H32N6O2/c1-26-25(27-16-19-6-4-7-22(12-19)31-10-5-9-28-31)29-21-8-11-30(18-21)17-20-13-23(32-2)15-24(14-20)33-3/h4-7,9-10,12-15,21H,8,11,16-18H2,1-3H3,(H2,26,27,29). The fraction of sp³-hybridized carbons (Fsp3) is 0.360. The van der Waals surface area contributed by atoms with Crippen LogP contribution in [0.15, 0.2) is 65.9 Å². The van der Waals surface area contributed by atoms with Crippen molar-refractivity contribution in [3.63, 3.8) is 0 Å². The topological polar surface area (TPSA) is 75.9 Å². The summed E-state index contributed by atoms with van der Waals surface area (Å²) in [6, 6.07) is 16.6. The third kappa shape index (κ3) is 6.04. The minimum absolute atomic E-state index is 0.346. The summed E-state index contributed by atoms with van der Waals surface area (Å²) in [7, 11) is 5.17. The van der Waals surface area contributed by atoms with Crippen molar-refractivity contribution < 1.29 is 9.47 Å². The Hall–Kier alpha value is -3.52. The summed E-state index contributed by atoms with van der Waals surface area (Å²) in [5, 5.41) is 11.3. The van der Waals surface area contributed by atoms with Gasteiger partial charge in [-0.25, -0.2) is 4.68 Å². The molecule has 1 atom stereocenters. The molecule has 0 spiro atoms. The second-order valence-corrected chi connectivity index (χ2v) is 8.13. The zero-order valence-corrected chi connectivity index (χ0v) is 19.5. The van der Waals surface area contributed by atoms with E-state index >= 15 is 0 Å². The lowest BCUT2D eigenvalue weighted by Crippen LogP contribution is -2.44. The molecule has 2 heterocycles. The molecule has 0 saturated carbocycles. The van der Waals surface area contributed by atoms with Gasteiger partial charge in [-0.15, -0.1) is 0 Å². The Labute approximate surface area is 195 Å². The predicted octanol–water partition coefficient (Wildman–Crippen LogP) is 2.83. The minimum Gasteiger partial charge on any atom is -0.497 e. The zero-order chi connectivity index (χ0) is 23.0.